The van der Waals surface area contributed by atoms with E-state index in [1.54, 1.807) is 0 Å². The normalized spacial score (nSPS) is 19.8. The van der Waals surface area contributed by atoms with Crippen molar-refractivity contribution in [3.05, 3.63) is 25.1 Å². The second-order valence-electron chi connectivity index (χ2n) is 6.47. The number of imidazole rings is 1. The fourth-order valence-corrected chi connectivity index (χ4v) is 4.02. The summed E-state index contributed by atoms with van der Waals surface area (Å²) in [6, 6.07) is 2.23. The van der Waals surface area contributed by atoms with E-state index in [0.717, 1.165) is 37.5 Å². The van der Waals surface area contributed by atoms with E-state index in [1.807, 2.05) is 6.07 Å². The zero-order chi connectivity index (χ0) is 16.8. The minimum atomic E-state index is -0.369. The maximum Gasteiger partial charge on any atom is 0.312 e. The quantitative estimate of drug-likeness (QED) is 0.483. The number of nitrogens with one attached hydrogen (secondary N) is 2. The maximum atomic E-state index is 11.6. The molecule has 1 saturated carbocycles. The van der Waals surface area contributed by atoms with Crippen LogP contribution in [0.25, 0.3) is 11.0 Å². The highest BCUT2D eigenvalue weighted by Gasteiger charge is 2.30. The van der Waals surface area contributed by atoms with Crippen LogP contribution in [0.15, 0.2) is 15.0 Å². The Balaban J connectivity index is 0.00000182. The molecule has 10 heteroatoms. The molecule has 136 valence electrons. The van der Waals surface area contributed by atoms with Gasteiger partial charge in [0.2, 0.25) is 5.95 Å². The molecule has 2 N–H and O–H groups in total. The number of aromatic nitrogens is 2. The number of anilines is 1. The van der Waals surface area contributed by atoms with Gasteiger partial charge in [-0.1, -0.05) is 0 Å². The molecule has 2 heterocycles. The van der Waals surface area contributed by atoms with Crippen LogP contribution in [0, 0.1) is 16.0 Å². The molecule has 1 saturated heterocycles. The first kappa shape index (κ1) is 18.9. The highest BCUT2D eigenvalue weighted by Crippen LogP contribution is 2.41. The van der Waals surface area contributed by atoms with E-state index >= 15 is 0 Å². The van der Waals surface area contributed by atoms with Crippen molar-refractivity contribution in [1.82, 2.24) is 14.9 Å². The number of hydrogen-bond donors (Lipinski definition) is 2. The number of nitro groups is 1. The zero-order valence-corrected chi connectivity index (χ0v) is 17.3. The van der Waals surface area contributed by atoms with Crippen LogP contribution in [0.1, 0.15) is 19.3 Å². The Bertz CT molecular complexity index is 818. The van der Waals surface area contributed by atoms with Crippen LogP contribution in [0.4, 0.5) is 11.6 Å². The molecule has 25 heavy (non-hydrogen) atoms. The third kappa shape index (κ3) is 3.65. The van der Waals surface area contributed by atoms with E-state index < -0.39 is 0 Å². The molecule has 0 unspecified atom stereocenters. The van der Waals surface area contributed by atoms with Crippen LogP contribution < -0.4 is 10.6 Å². The third-order valence-electron chi connectivity index (χ3n) is 4.63. The molecule has 2 aromatic rings. The Morgan fingerprint density at radius 1 is 1.40 bits per heavy atom. The number of hydrogen-bond acceptors (Lipinski definition) is 5. The van der Waals surface area contributed by atoms with Crippen molar-refractivity contribution in [3.8, 4) is 0 Å². The van der Waals surface area contributed by atoms with E-state index in [0.29, 0.717) is 26.4 Å². The first-order valence-electron chi connectivity index (χ1n) is 8.04. The molecule has 7 nitrogen and oxygen atoms in total. The molecular weight excluding hydrogens is 477 g/mol. The average molecular weight is 496 g/mol. The third-order valence-corrected chi connectivity index (χ3v) is 6.59. The van der Waals surface area contributed by atoms with Crippen molar-refractivity contribution < 1.29 is 4.92 Å². The lowest BCUT2D eigenvalue weighted by Crippen LogP contribution is -2.24. The van der Waals surface area contributed by atoms with E-state index in [1.165, 1.54) is 12.8 Å². The summed E-state index contributed by atoms with van der Waals surface area (Å²) < 4.78 is 3.22. The van der Waals surface area contributed by atoms with Gasteiger partial charge in [-0.3, -0.25) is 10.1 Å². The van der Waals surface area contributed by atoms with Crippen LogP contribution in [0.2, 0.25) is 0 Å². The monoisotopic (exact) mass is 493 g/mol. The van der Waals surface area contributed by atoms with E-state index in [-0.39, 0.29) is 23.0 Å². The van der Waals surface area contributed by atoms with Gasteiger partial charge >= 0.3 is 5.69 Å². The highest BCUT2D eigenvalue weighted by molar-refractivity contribution is 9.13. The van der Waals surface area contributed by atoms with E-state index in [2.05, 4.69) is 52.0 Å². The van der Waals surface area contributed by atoms with Crippen molar-refractivity contribution in [2.75, 3.05) is 18.4 Å². The van der Waals surface area contributed by atoms with Crippen molar-refractivity contribution in [3.63, 3.8) is 0 Å². The Morgan fingerprint density at radius 3 is 2.76 bits per heavy atom. The lowest BCUT2D eigenvalue weighted by atomic mass is 10.2. The number of nitrogens with zero attached hydrogens (tertiary/aromatic N) is 3. The fourth-order valence-electron chi connectivity index (χ4n) is 3.17. The largest absolute Gasteiger partial charge is 0.352 e. The Hall–Kier alpha value is -0.900. The topological polar surface area (TPSA) is 85.0 Å². The summed E-state index contributed by atoms with van der Waals surface area (Å²) in [4.78, 5) is 15.8. The average Bonchev–Trinajstić information content (AvgIpc) is 3.10. The molecule has 1 aromatic heterocycles. The van der Waals surface area contributed by atoms with Gasteiger partial charge in [-0.15, -0.1) is 12.4 Å². The van der Waals surface area contributed by atoms with Gasteiger partial charge < -0.3 is 15.2 Å². The molecule has 2 aliphatic rings. The summed E-state index contributed by atoms with van der Waals surface area (Å²) in [7, 11) is 0. The number of benzene rings is 1. The molecule has 1 atom stereocenters. The zero-order valence-electron chi connectivity index (χ0n) is 13.3. The minimum Gasteiger partial charge on any atom is -0.352 e. The number of nitro benzene ring substituents is 1. The number of halogens is 3. The van der Waals surface area contributed by atoms with Gasteiger partial charge in [-0.2, -0.15) is 0 Å². The van der Waals surface area contributed by atoms with Gasteiger partial charge in [0.1, 0.15) is 4.47 Å². The molecule has 0 spiro atoms. The molecule has 1 aromatic carbocycles. The molecule has 0 amide bonds. The van der Waals surface area contributed by atoms with Gasteiger partial charge in [0.15, 0.2) is 5.52 Å². The molecular formula is C15H18Br2ClN5O2. The standard InChI is InChI=1S/C15H17Br2N5O2.ClH/c16-10-5-11-13(14(12(10)17)22(23)24)20-15(19-9-3-4-18-6-9)21(11)7-8-1-2-8;/h5,8-9,18H,1-4,6-7H2,(H,19,20);1H/t9-;/m0./s1. The first-order valence-corrected chi connectivity index (χ1v) is 9.63. The first-order chi connectivity index (χ1) is 11.5. The minimum absolute atomic E-state index is 0. The second kappa shape index (κ2) is 7.38. The highest BCUT2D eigenvalue weighted by atomic mass is 79.9. The van der Waals surface area contributed by atoms with Gasteiger partial charge in [0, 0.05) is 23.6 Å². The van der Waals surface area contributed by atoms with Crippen LogP contribution >= 0.6 is 44.3 Å². The Morgan fingerprint density at radius 2 is 2.16 bits per heavy atom. The van der Waals surface area contributed by atoms with Gasteiger partial charge in [0.05, 0.1) is 10.4 Å². The molecule has 1 aliphatic carbocycles. The van der Waals surface area contributed by atoms with Gasteiger partial charge in [-0.25, -0.2) is 4.98 Å². The van der Waals surface area contributed by atoms with E-state index in [4.69, 9.17) is 0 Å². The van der Waals surface area contributed by atoms with Crippen molar-refractivity contribution in [1.29, 1.82) is 0 Å². The van der Waals surface area contributed by atoms with E-state index in [9.17, 15) is 10.1 Å². The lowest BCUT2D eigenvalue weighted by Gasteiger charge is -2.14. The number of fused-ring (bicyclic) bond motifs is 1. The number of rotatable bonds is 5. The summed E-state index contributed by atoms with van der Waals surface area (Å²) in [6.45, 7) is 2.73. The lowest BCUT2D eigenvalue weighted by molar-refractivity contribution is -0.384. The second-order valence-corrected chi connectivity index (χ2v) is 8.12. The molecule has 4 rings (SSSR count). The summed E-state index contributed by atoms with van der Waals surface area (Å²) in [5.74, 6) is 1.38. The molecule has 2 fully saturated rings. The predicted molar refractivity (Wildman–Crippen MR) is 107 cm³/mol. The summed E-state index contributed by atoms with van der Waals surface area (Å²) in [5.41, 5.74) is 1.25. The van der Waals surface area contributed by atoms with Gasteiger partial charge in [-0.05, 0) is 69.7 Å². The van der Waals surface area contributed by atoms with Crippen LogP contribution in [-0.2, 0) is 6.54 Å². The van der Waals surface area contributed by atoms with Crippen molar-refractivity contribution >= 4 is 66.9 Å². The van der Waals surface area contributed by atoms with Crippen LogP contribution in [-0.4, -0.2) is 33.6 Å². The van der Waals surface area contributed by atoms with Crippen molar-refractivity contribution in [2.24, 2.45) is 5.92 Å². The predicted octanol–water partition coefficient (Wildman–Crippen LogP) is 4.08. The summed E-state index contributed by atoms with van der Waals surface area (Å²) in [5, 5.41) is 18.4. The Kier molecular flexibility index (Phi) is 5.57. The van der Waals surface area contributed by atoms with Crippen molar-refractivity contribution in [2.45, 2.75) is 31.8 Å². The smallest absolute Gasteiger partial charge is 0.312 e. The molecule has 0 bridgehead atoms. The van der Waals surface area contributed by atoms with Crippen LogP contribution in [0.5, 0.6) is 0 Å². The summed E-state index contributed by atoms with van der Waals surface area (Å²) in [6.07, 6.45) is 3.45. The molecule has 1 aliphatic heterocycles. The maximum absolute atomic E-state index is 11.6. The SMILES string of the molecule is Cl.O=[N+]([O-])c1c(Br)c(Br)cc2c1nc(N[C@H]1CCNC1)n2CC1CC1. The summed E-state index contributed by atoms with van der Waals surface area (Å²) >= 11 is 6.75. The van der Waals surface area contributed by atoms with Gasteiger partial charge in [0.25, 0.3) is 0 Å². The Labute approximate surface area is 167 Å². The molecule has 0 radical (unpaired) electrons. The fraction of sp³-hybridized carbons (Fsp3) is 0.533. The van der Waals surface area contributed by atoms with Crippen LogP contribution in [0.3, 0.4) is 0 Å².